The van der Waals surface area contributed by atoms with Gasteiger partial charge in [-0.05, 0) is 12.3 Å². The standard InChI is InChI=1S/C11H16N6O/c1-6-4-17(3-2-7(6)18)10-8-9(14-5-13-8)15-11(12)16-10/h5-7,18H,2-4H2,1H3,(H3,12,13,14,15,16). The number of anilines is 2. The number of nitrogens with zero attached hydrogens (tertiary/aromatic N) is 4. The number of rotatable bonds is 1. The highest BCUT2D eigenvalue weighted by Crippen LogP contribution is 2.26. The van der Waals surface area contributed by atoms with Gasteiger partial charge in [0.05, 0.1) is 12.4 Å². The molecule has 0 aromatic carbocycles. The maximum absolute atomic E-state index is 9.77. The van der Waals surface area contributed by atoms with Crippen molar-refractivity contribution in [2.75, 3.05) is 23.7 Å². The number of nitrogen functional groups attached to an aromatic ring is 1. The van der Waals surface area contributed by atoms with Crippen molar-refractivity contribution in [1.29, 1.82) is 0 Å². The average molecular weight is 248 g/mol. The van der Waals surface area contributed by atoms with E-state index in [1.165, 1.54) is 0 Å². The number of hydrogen-bond donors (Lipinski definition) is 3. The summed E-state index contributed by atoms with van der Waals surface area (Å²) in [5, 5.41) is 9.77. The van der Waals surface area contributed by atoms with Crippen molar-refractivity contribution >= 4 is 22.9 Å². The molecule has 7 nitrogen and oxygen atoms in total. The van der Waals surface area contributed by atoms with Crippen LogP contribution in [0.1, 0.15) is 13.3 Å². The number of nitrogens with two attached hydrogens (primary N) is 1. The summed E-state index contributed by atoms with van der Waals surface area (Å²) in [5.74, 6) is 1.21. The van der Waals surface area contributed by atoms with Gasteiger partial charge in [-0.2, -0.15) is 9.97 Å². The molecule has 0 saturated carbocycles. The Morgan fingerprint density at radius 2 is 2.33 bits per heavy atom. The zero-order valence-electron chi connectivity index (χ0n) is 10.2. The van der Waals surface area contributed by atoms with Gasteiger partial charge in [-0.15, -0.1) is 0 Å². The predicted molar refractivity (Wildman–Crippen MR) is 68.1 cm³/mol. The van der Waals surface area contributed by atoms with Gasteiger partial charge in [0.25, 0.3) is 0 Å². The van der Waals surface area contributed by atoms with E-state index in [4.69, 9.17) is 5.73 Å². The fourth-order valence-electron chi connectivity index (χ4n) is 2.39. The van der Waals surface area contributed by atoms with Gasteiger partial charge in [0.2, 0.25) is 5.95 Å². The fourth-order valence-corrected chi connectivity index (χ4v) is 2.39. The molecule has 0 spiro atoms. The van der Waals surface area contributed by atoms with Gasteiger partial charge < -0.3 is 20.7 Å². The van der Waals surface area contributed by atoms with Crippen LogP contribution in [0, 0.1) is 5.92 Å². The minimum atomic E-state index is -0.238. The van der Waals surface area contributed by atoms with Crippen molar-refractivity contribution in [3.8, 4) is 0 Å². The number of aromatic nitrogens is 4. The van der Waals surface area contributed by atoms with E-state index >= 15 is 0 Å². The molecule has 7 heteroatoms. The molecule has 0 bridgehead atoms. The maximum atomic E-state index is 9.77. The van der Waals surface area contributed by atoms with Gasteiger partial charge in [-0.3, -0.25) is 0 Å². The number of nitrogens with one attached hydrogen (secondary N) is 1. The number of piperidine rings is 1. The van der Waals surface area contributed by atoms with Crippen molar-refractivity contribution in [3.05, 3.63) is 6.33 Å². The van der Waals surface area contributed by atoms with Gasteiger partial charge >= 0.3 is 0 Å². The van der Waals surface area contributed by atoms with Crippen LogP contribution in [0.4, 0.5) is 11.8 Å². The van der Waals surface area contributed by atoms with Crippen molar-refractivity contribution in [1.82, 2.24) is 19.9 Å². The Balaban J connectivity index is 2.01. The van der Waals surface area contributed by atoms with Gasteiger partial charge in [-0.1, -0.05) is 6.92 Å². The summed E-state index contributed by atoms with van der Waals surface area (Å²) < 4.78 is 0. The van der Waals surface area contributed by atoms with E-state index in [2.05, 4.69) is 24.8 Å². The molecule has 1 aliphatic heterocycles. The summed E-state index contributed by atoms with van der Waals surface area (Å²) in [7, 11) is 0. The Kier molecular flexibility index (Phi) is 2.55. The second kappa shape index (κ2) is 4.09. The maximum Gasteiger partial charge on any atom is 0.224 e. The van der Waals surface area contributed by atoms with Gasteiger partial charge in [-0.25, -0.2) is 4.98 Å². The zero-order valence-corrected chi connectivity index (χ0v) is 10.2. The quantitative estimate of drug-likeness (QED) is 0.663. The Hall–Kier alpha value is -1.89. The second-order valence-electron chi connectivity index (χ2n) is 4.79. The number of aliphatic hydroxyl groups excluding tert-OH is 1. The lowest BCUT2D eigenvalue weighted by molar-refractivity contribution is 0.0969. The Bertz CT molecular complexity index is 568. The smallest absolute Gasteiger partial charge is 0.224 e. The topological polar surface area (TPSA) is 104 Å². The summed E-state index contributed by atoms with van der Waals surface area (Å²) >= 11 is 0. The van der Waals surface area contributed by atoms with E-state index < -0.39 is 0 Å². The average Bonchev–Trinajstić information content (AvgIpc) is 2.79. The molecule has 2 aromatic heterocycles. The highest BCUT2D eigenvalue weighted by Gasteiger charge is 2.26. The number of fused-ring (bicyclic) bond motifs is 1. The number of imidazole rings is 1. The lowest BCUT2D eigenvalue weighted by atomic mass is 9.97. The lowest BCUT2D eigenvalue weighted by Gasteiger charge is -2.35. The molecule has 1 aliphatic rings. The van der Waals surface area contributed by atoms with E-state index in [1.54, 1.807) is 6.33 Å². The lowest BCUT2D eigenvalue weighted by Crippen LogP contribution is -2.42. The van der Waals surface area contributed by atoms with Crippen molar-refractivity contribution in [3.63, 3.8) is 0 Å². The molecule has 2 aromatic rings. The van der Waals surface area contributed by atoms with Crippen molar-refractivity contribution in [2.45, 2.75) is 19.4 Å². The van der Waals surface area contributed by atoms with Crippen molar-refractivity contribution in [2.24, 2.45) is 5.92 Å². The monoisotopic (exact) mass is 248 g/mol. The van der Waals surface area contributed by atoms with E-state index in [1.807, 2.05) is 6.92 Å². The van der Waals surface area contributed by atoms with Crippen LogP contribution in [0.3, 0.4) is 0 Å². The van der Waals surface area contributed by atoms with Crippen LogP contribution < -0.4 is 10.6 Å². The molecular weight excluding hydrogens is 232 g/mol. The molecule has 3 rings (SSSR count). The van der Waals surface area contributed by atoms with Crippen LogP contribution >= 0.6 is 0 Å². The van der Waals surface area contributed by atoms with E-state index in [0.29, 0.717) is 5.65 Å². The molecule has 18 heavy (non-hydrogen) atoms. The zero-order chi connectivity index (χ0) is 12.7. The largest absolute Gasteiger partial charge is 0.393 e. The third kappa shape index (κ3) is 1.76. The fraction of sp³-hybridized carbons (Fsp3) is 0.545. The number of aliphatic hydroxyl groups is 1. The molecule has 4 N–H and O–H groups in total. The first-order chi connectivity index (χ1) is 8.65. The molecule has 3 heterocycles. The SMILES string of the molecule is CC1CN(c2nc(N)nc3nc[nH]c23)CCC1O. The molecule has 2 atom stereocenters. The third-order valence-electron chi connectivity index (χ3n) is 3.44. The number of aromatic amines is 1. The van der Waals surface area contributed by atoms with Crippen molar-refractivity contribution < 1.29 is 5.11 Å². The van der Waals surface area contributed by atoms with E-state index in [0.717, 1.165) is 30.8 Å². The van der Waals surface area contributed by atoms with Gasteiger partial charge in [0, 0.05) is 13.1 Å². The summed E-state index contributed by atoms with van der Waals surface area (Å²) in [4.78, 5) is 17.6. The summed E-state index contributed by atoms with van der Waals surface area (Å²) in [5.41, 5.74) is 7.08. The molecule has 0 radical (unpaired) electrons. The van der Waals surface area contributed by atoms with Crippen LogP contribution in [-0.2, 0) is 0 Å². The Morgan fingerprint density at radius 3 is 3.11 bits per heavy atom. The van der Waals surface area contributed by atoms with Crippen LogP contribution in [-0.4, -0.2) is 44.2 Å². The second-order valence-corrected chi connectivity index (χ2v) is 4.79. The van der Waals surface area contributed by atoms with Crippen LogP contribution in [0.15, 0.2) is 6.33 Å². The minimum absolute atomic E-state index is 0.216. The third-order valence-corrected chi connectivity index (χ3v) is 3.44. The first kappa shape index (κ1) is 11.2. The molecule has 2 unspecified atom stereocenters. The minimum Gasteiger partial charge on any atom is -0.393 e. The molecule has 1 saturated heterocycles. The first-order valence-electron chi connectivity index (χ1n) is 6.05. The van der Waals surface area contributed by atoms with Gasteiger partial charge in [0.15, 0.2) is 11.5 Å². The summed E-state index contributed by atoms with van der Waals surface area (Å²) in [6.45, 7) is 3.55. The molecule has 0 aliphatic carbocycles. The van der Waals surface area contributed by atoms with Crippen LogP contribution in [0.25, 0.3) is 11.2 Å². The number of hydrogen-bond acceptors (Lipinski definition) is 6. The molecule has 1 fully saturated rings. The highest BCUT2D eigenvalue weighted by molar-refractivity contribution is 5.84. The summed E-state index contributed by atoms with van der Waals surface area (Å²) in [6, 6.07) is 0. The number of H-pyrrole nitrogens is 1. The van der Waals surface area contributed by atoms with Gasteiger partial charge in [0.1, 0.15) is 5.52 Å². The van der Waals surface area contributed by atoms with E-state index in [9.17, 15) is 5.11 Å². The Labute approximate surface area is 104 Å². The predicted octanol–water partition coefficient (Wildman–Crippen LogP) is 0.142. The summed E-state index contributed by atoms with van der Waals surface area (Å²) in [6.07, 6.45) is 2.09. The van der Waals surface area contributed by atoms with Crippen LogP contribution in [0.5, 0.6) is 0 Å². The Morgan fingerprint density at radius 1 is 1.50 bits per heavy atom. The highest BCUT2D eigenvalue weighted by atomic mass is 16.3. The van der Waals surface area contributed by atoms with Crippen LogP contribution in [0.2, 0.25) is 0 Å². The molecule has 0 amide bonds. The molecular formula is C11H16N6O. The normalized spacial score (nSPS) is 24.7. The van der Waals surface area contributed by atoms with E-state index in [-0.39, 0.29) is 18.0 Å². The molecule has 96 valence electrons. The first-order valence-corrected chi connectivity index (χ1v) is 6.05.